The lowest BCUT2D eigenvalue weighted by atomic mass is 10.1. The summed E-state index contributed by atoms with van der Waals surface area (Å²) in [7, 11) is 2.77. The quantitative estimate of drug-likeness (QED) is 0.336. The Morgan fingerprint density at radius 2 is 1.90 bits per heavy atom. The van der Waals surface area contributed by atoms with E-state index in [-0.39, 0.29) is 40.0 Å². The number of H-pyrrole nitrogens is 1. The molecule has 0 amide bonds. The van der Waals surface area contributed by atoms with Crippen LogP contribution in [0, 0.1) is 21.4 Å². The molecule has 0 atom stereocenters. The number of anilines is 1. The molecule has 0 aliphatic heterocycles. The van der Waals surface area contributed by atoms with Crippen molar-refractivity contribution in [3.05, 3.63) is 74.1 Å². The fraction of sp³-hybridized carbons (Fsp3) is 0.100. The number of benzene rings is 2. The van der Waals surface area contributed by atoms with Crippen LogP contribution >= 0.6 is 0 Å². The van der Waals surface area contributed by atoms with Crippen LogP contribution in [0.5, 0.6) is 11.5 Å². The van der Waals surface area contributed by atoms with Gasteiger partial charge in [-0.15, -0.1) is 0 Å². The number of aromatic amines is 1. The summed E-state index contributed by atoms with van der Waals surface area (Å²) in [4.78, 5) is 29.7. The lowest BCUT2D eigenvalue weighted by Gasteiger charge is -2.08. The number of hydrogen-bond donors (Lipinski definition) is 2. The minimum Gasteiger partial charge on any atom is -0.493 e. The van der Waals surface area contributed by atoms with Gasteiger partial charge in [0.05, 0.1) is 42.7 Å². The van der Waals surface area contributed by atoms with Gasteiger partial charge in [0.25, 0.3) is 11.2 Å². The Bertz CT molecular complexity index is 1250. The van der Waals surface area contributed by atoms with E-state index in [0.717, 1.165) is 0 Å². The number of nitro groups is 1. The Morgan fingerprint density at radius 3 is 2.52 bits per heavy atom. The molecule has 3 aromatic rings. The number of methoxy groups -OCH3 is 2. The highest BCUT2D eigenvalue weighted by Gasteiger charge is 2.18. The zero-order chi connectivity index (χ0) is 22.4. The van der Waals surface area contributed by atoms with Gasteiger partial charge in [0.15, 0.2) is 11.5 Å². The van der Waals surface area contributed by atoms with Crippen molar-refractivity contribution in [3.8, 4) is 28.8 Å². The largest absolute Gasteiger partial charge is 0.493 e. The van der Waals surface area contributed by atoms with Gasteiger partial charge in [-0.25, -0.2) is 10.4 Å². The molecule has 0 aliphatic rings. The molecule has 0 fully saturated rings. The smallest absolute Gasteiger partial charge is 0.282 e. The number of nitriles is 1. The zero-order valence-corrected chi connectivity index (χ0v) is 16.4. The molecular weight excluding hydrogens is 404 g/mol. The average Bonchev–Trinajstić information content (AvgIpc) is 2.78. The number of hydrazone groups is 1. The molecule has 0 radical (unpaired) electrons. The van der Waals surface area contributed by atoms with E-state index in [4.69, 9.17) is 9.47 Å². The fourth-order valence-corrected chi connectivity index (χ4v) is 2.74. The van der Waals surface area contributed by atoms with E-state index in [1.165, 1.54) is 32.6 Å². The van der Waals surface area contributed by atoms with Crippen LogP contribution < -0.4 is 20.5 Å². The van der Waals surface area contributed by atoms with E-state index in [9.17, 15) is 20.2 Å². The third-order valence-corrected chi connectivity index (χ3v) is 4.18. The summed E-state index contributed by atoms with van der Waals surface area (Å²) >= 11 is 0. The van der Waals surface area contributed by atoms with Gasteiger partial charge < -0.3 is 9.47 Å². The van der Waals surface area contributed by atoms with E-state index in [0.29, 0.717) is 5.56 Å². The monoisotopic (exact) mass is 420 g/mol. The van der Waals surface area contributed by atoms with Gasteiger partial charge >= 0.3 is 0 Å². The number of rotatable bonds is 7. The second kappa shape index (κ2) is 9.19. The molecule has 0 saturated heterocycles. The Balaban J connectivity index is 1.97. The molecule has 0 unspecified atom stereocenters. The van der Waals surface area contributed by atoms with Gasteiger partial charge in [-0.1, -0.05) is 30.3 Å². The molecular formula is C20H16N6O5. The van der Waals surface area contributed by atoms with Crippen molar-refractivity contribution in [2.24, 2.45) is 5.10 Å². The van der Waals surface area contributed by atoms with Gasteiger partial charge in [0, 0.05) is 5.56 Å². The highest BCUT2D eigenvalue weighted by molar-refractivity contribution is 5.87. The van der Waals surface area contributed by atoms with Crippen molar-refractivity contribution < 1.29 is 14.4 Å². The van der Waals surface area contributed by atoms with Crippen LogP contribution in [-0.2, 0) is 0 Å². The fourth-order valence-electron chi connectivity index (χ4n) is 2.74. The van der Waals surface area contributed by atoms with E-state index in [1.54, 1.807) is 30.3 Å². The lowest BCUT2D eigenvalue weighted by molar-refractivity contribution is -0.385. The third-order valence-electron chi connectivity index (χ3n) is 4.18. The van der Waals surface area contributed by atoms with Crippen LogP contribution in [0.15, 0.2) is 52.4 Å². The van der Waals surface area contributed by atoms with E-state index in [1.807, 2.05) is 6.07 Å². The lowest BCUT2D eigenvalue weighted by Crippen LogP contribution is -2.16. The predicted octanol–water partition coefficient (Wildman–Crippen LogP) is 2.68. The second-order valence-corrected chi connectivity index (χ2v) is 6.01. The summed E-state index contributed by atoms with van der Waals surface area (Å²) in [6, 6.07) is 13.2. The summed E-state index contributed by atoms with van der Waals surface area (Å²) < 4.78 is 10.2. The first-order valence-electron chi connectivity index (χ1n) is 8.77. The molecule has 31 heavy (non-hydrogen) atoms. The summed E-state index contributed by atoms with van der Waals surface area (Å²) in [5.41, 5.74) is 2.37. The maximum atomic E-state index is 12.3. The Hall–Kier alpha value is -4.72. The minimum atomic E-state index is -0.647. The van der Waals surface area contributed by atoms with Gasteiger partial charge in [-0.3, -0.25) is 19.9 Å². The standard InChI is InChI=1S/C20H16N6O5/c1-30-16-8-13(15(26(28)29)9-17(16)31-2)11-22-25-20-23-18(12-6-4-3-5-7-12)14(10-21)19(27)24-20/h3-9,11H,1-2H3,(H2,23,24,25,27). The molecule has 11 heteroatoms. The van der Waals surface area contributed by atoms with E-state index < -0.39 is 10.5 Å². The second-order valence-electron chi connectivity index (χ2n) is 6.01. The molecule has 0 aliphatic carbocycles. The van der Waals surface area contributed by atoms with Crippen LogP contribution in [0.4, 0.5) is 11.6 Å². The molecule has 156 valence electrons. The average molecular weight is 420 g/mol. The molecule has 2 aromatic carbocycles. The summed E-state index contributed by atoms with van der Waals surface area (Å²) in [6.45, 7) is 0. The topological polar surface area (TPSA) is 156 Å². The molecule has 0 bridgehead atoms. The molecule has 2 N–H and O–H groups in total. The number of nitrogens with zero attached hydrogens (tertiary/aromatic N) is 4. The maximum Gasteiger partial charge on any atom is 0.282 e. The van der Waals surface area contributed by atoms with Crippen molar-refractivity contribution in [2.75, 3.05) is 19.6 Å². The van der Waals surface area contributed by atoms with Crippen molar-refractivity contribution in [2.45, 2.75) is 0 Å². The van der Waals surface area contributed by atoms with Crippen LogP contribution in [0.1, 0.15) is 11.1 Å². The number of ether oxygens (including phenoxy) is 2. The normalized spacial score (nSPS) is 10.5. The van der Waals surface area contributed by atoms with E-state index >= 15 is 0 Å². The van der Waals surface area contributed by atoms with Crippen molar-refractivity contribution in [1.82, 2.24) is 9.97 Å². The molecule has 1 aromatic heterocycles. The Labute approximate surface area is 175 Å². The number of nitro benzene ring substituents is 1. The van der Waals surface area contributed by atoms with Crippen LogP contribution in [0.3, 0.4) is 0 Å². The van der Waals surface area contributed by atoms with Crippen LogP contribution in [-0.4, -0.2) is 35.3 Å². The summed E-state index contributed by atoms with van der Waals surface area (Å²) in [5.74, 6) is 0.443. The molecule has 11 nitrogen and oxygen atoms in total. The number of hydrogen-bond acceptors (Lipinski definition) is 9. The minimum absolute atomic E-state index is 0.0396. The first kappa shape index (κ1) is 21.0. The SMILES string of the molecule is COc1cc(C=NNc2nc(-c3ccccc3)c(C#N)c(=O)[nH]2)c([N+](=O)[O-])cc1OC. The van der Waals surface area contributed by atoms with Gasteiger partial charge in [0.1, 0.15) is 11.6 Å². The van der Waals surface area contributed by atoms with Crippen molar-refractivity contribution in [1.29, 1.82) is 5.26 Å². The molecule has 0 spiro atoms. The van der Waals surface area contributed by atoms with Gasteiger partial charge in [0.2, 0.25) is 5.95 Å². The highest BCUT2D eigenvalue weighted by Crippen LogP contribution is 2.33. The van der Waals surface area contributed by atoms with Crippen molar-refractivity contribution in [3.63, 3.8) is 0 Å². The summed E-state index contributed by atoms with van der Waals surface area (Å²) in [5, 5.41) is 24.6. The predicted molar refractivity (Wildman–Crippen MR) is 112 cm³/mol. The summed E-state index contributed by atoms with van der Waals surface area (Å²) in [6.07, 6.45) is 1.18. The third kappa shape index (κ3) is 4.48. The van der Waals surface area contributed by atoms with Crippen LogP contribution in [0.25, 0.3) is 11.3 Å². The maximum absolute atomic E-state index is 12.3. The highest BCUT2D eigenvalue weighted by atomic mass is 16.6. The molecule has 0 saturated carbocycles. The Morgan fingerprint density at radius 1 is 1.23 bits per heavy atom. The number of aromatic nitrogens is 2. The van der Waals surface area contributed by atoms with Crippen molar-refractivity contribution >= 4 is 17.9 Å². The van der Waals surface area contributed by atoms with Gasteiger partial charge in [-0.2, -0.15) is 10.4 Å². The van der Waals surface area contributed by atoms with E-state index in [2.05, 4.69) is 20.5 Å². The van der Waals surface area contributed by atoms with Crippen LogP contribution in [0.2, 0.25) is 0 Å². The Kier molecular flexibility index (Phi) is 6.22. The molecule has 1 heterocycles. The molecule has 3 rings (SSSR count). The zero-order valence-electron chi connectivity index (χ0n) is 16.4. The first-order chi connectivity index (χ1) is 15.0. The number of nitrogens with one attached hydrogen (secondary N) is 2. The first-order valence-corrected chi connectivity index (χ1v) is 8.77. The van der Waals surface area contributed by atoms with Gasteiger partial charge in [-0.05, 0) is 6.07 Å².